The van der Waals surface area contributed by atoms with Crippen molar-refractivity contribution in [2.45, 2.75) is 19.8 Å². The van der Waals surface area contributed by atoms with Crippen LogP contribution in [0.25, 0.3) is 0 Å². The molecule has 0 aliphatic carbocycles. The van der Waals surface area contributed by atoms with Gasteiger partial charge in [0.2, 0.25) is 0 Å². The number of rotatable bonds is 2. The van der Waals surface area contributed by atoms with Crippen molar-refractivity contribution >= 4 is 11.6 Å². The number of anilines is 1. The van der Waals surface area contributed by atoms with Crippen molar-refractivity contribution in [2.75, 3.05) is 44.3 Å². The highest BCUT2D eigenvalue weighted by Crippen LogP contribution is 2.35. The molecule has 4 rings (SSSR count). The predicted octanol–water partition coefficient (Wildman–Crippen LogP) is 3.02. The van der Waals surface area contributed by atoms with E-state index in [1.807, 2.05) is 48.2 Å². The second-order valence-corrected chi connectivity index (χ2v) is 8.15. The number of carbonyl (C=O) groups is 1. The minimum absolute atomic E-state index is 0.0406. The van der Waals surface area contributed by atoms with Crippen LogP contribution in [0.3, 0.4) is 0 Å². The summed E-state index contributed by atoms with van der Waals surface area (Å²) in [6.45, 7) is 6.26. The summed E-state index contributed by atoms with van der Waals surface area (Å²) < 4.78 is 5.99. The van der Waals surface area contributed by atoms with Crippen LogP contribution in [0.4, 0.5) is 5.69 Å². The number of amides is 1. The van der Waals surface area contributed by atoms with Crippen molar-refractivity contribution < 1.29 is 9.53 Å². The van der Waals surface area contributed by atoms with Crippen molar-refractivity contribution in [3.05, 3.63) is 59.4 Å². The number of hydrogen-bond acceptors (Lipinski definition) is 5. The lowest BCUT2D eigenvalue weighted by Crippen LogP contribution is -2.52. The highest BCUT2D eigenvalue weighted by molar-refractivity contribution is 5.94. The van der Waals surface area contributed by atoms with Gasteiger partial charge in [-0.1, -0.05) is 6.07 Å². The number of likely N-dealkylation sites (tertiary alicyclic amines) is 1. The normalized spacial score (nSPS) is 22.2. The number of nitrogens with zero attached hydrogens (tertiary/aromatic N) is 4. The Kier molecular flexibility index (Phi) is 5.50. The lowest BCUT2D eigenvalue weighted by atomic mass is 9.79. The Hall–Kier alpha value is -2.91. The fourth-order valence-corrected chi connectivity index (χ4v) is 4.39. The number of aryl methyl sites for hydroxylation is 1. The summed E-state index contributed by atoms with van der Waals surface area (Å²) in [5.74, 6) is 0.0406. The van der Waals surface area contributed by atoms with E-state index in [2.05, 4.69) is 16.0 Å². The average Bonchev–Trinajstić information content (AvgIpc) is 2.96. The van der Waals surface area contributed by atoms with E-state index in [1.165, 1.54) is 0 Å². The maximum atomic E-state index is 13.1. The summed E-state index contributed by atoms with van der Waals surface area (Å²) in [6.07, 6.45) is 3.65. The third-order valence-corrected chi connectivity index (χ3v) is 5.89. The van der Waals surface area contributed by atoms with Crippen LogP contribution in [0.5, 0.6) is 0 Å². The quantitative estimate of drug-likeness (QED) is 0.788. The summed E-state index contributed by atoms with van der Waals surface area (Å²) in [5.41, 5.74) is 3.14. The molecule has 0 bridgehead atoms. The number of nitriles is 1. The first-order valence-electron chi connectivity index (χ1n) is 10.1. The highest BCUT2D eigenvalue weighted by Gasteiger charge is 2.40. The second-order valence-electron chi connectivity index (χ2n) is 8.15. The van der Waals surface area contributed by atoms with Crippen LogP contribution in [-0.2, 0) is 4.74 Å². The Labute approximate surface area is 171 Å². The number of piperidine rings is 1. The Bertz CT molecular complexity index is 921. The molecule has 1 aromatic carbocycles. The monoisotopic (exact) mass is 390 g/mol. The summed E-state index contributed by atoms with van der Waals surface area (Å²) in [4.78, 5) is 21.6. The zero-order valence-corrected chi connectivity index (χ0v) is 16.8. The molecule has 2 aliphatic heterocycles. The molecule has 1 aromatic heterocycles. The maximum Gasteiger partial charge on any atom is 0.255 e. The van der Waals surface area contributed by atoms with Crippen LogP contribution >= 0.6 is 0 Å². The first-order chi connectivity index (χ1) is 14.1. The van der Waals surface area contributed by atoms with Gasteiger partial charge in [0.1, 0.15) is 0 Å². The van der Waals surface area contributed by atoms with E-state index in [4.69, 9.17) is 4.74 Å². The zero-order chi connectivity index (χ0) is 20.3. The van der Waals surface area contributed by atoms with Crippen molar-refractivity contribution in [1.29, 1.82) is 5.26 Å². The van der Waals surface area contributed by atoms with Gasteiger partial charge in [0.25, 0.3) is 5.91 Å². The summed E-state index contributed by atoms with van der Waals surface area (Å²) in [6, 6.07) is 13.7. The molecule has 2 fully saturated rings. The first-order valence-corrected chi connectivity index (χ1v) is 10.1. The molecule has 0 radical (unpaired) electrons. The molecule has 1 amide bonds. The van der Waals surface area contributed by atoms with Gasteiger partial charge >= 0.3 is 0 Å². The van der Waals surface area contributed by atoms with Crippen molar-refractivity contribution in [3.8, 4) is 6.07 Å². The molecule has 1 spiro atoms. The Balaban J connectivity index is 1.54. The molecule has 150 valence electrons. The van der Waals surface area contributed by atoms with Gasteiger partial charge in [-0.15, -0.1) is 0 Å². The van der Waals surface area contributed by atoms with Crippen LogP contribution < -0.4 is 4.90 Å². The highest BCUT2D eigenvalue weighted by atomic mass is 16.5. The first kappa shape index (κ1) is 19.4. The maximum absolute atomic E-state index is 13.1. The van der Waals surface area contributed by atoms with E-state index in [0.29, 0.717) is 30.9 Å². The standard InChI is InChI=1S/C23H26N4O2/c1-18-6-7-20(14-25-18)22(28)27-9-3-8-23(16-27)15-26(10-11-29-17-23)21-5-2-4-19(12-21)13-24/h2,4-7,12,14H,3,8-11,15-17H2,1H3. The fourth-order valence-electron chi connectivity index (χ4n) is 4.39. The number of pyridine rings is 1. The Morgan fingerprint density at radius 2 is 2.14 bits per heavy atom. The lowest BCUT2D eigenvalue weighted by molar-refractivity contribution is 0.0135. The Morgan fingerprint density at radius 1 is 1.24 bits per heavy atom. The number of ether oxygens (including phenoxy) is 1. The van der Waals surface area contributed by atoms with Crippen LogP contribution in [0.15, 0.2) is 42.6 Å². The smallest absolute Gasteiger partial charge is 0.255 e. The molecule has 29 heavy (non-hydrogen) atoms. The molecular formula is C23H26N4O2. The van der Waals surface area contributed by atoms with Gasteiger partial charge < -0.3 is 14.5 Å². The van der Waals surface area contributed by atoms with Gasteiger partial charge in [-0.05, 0) is 50.1 Å². The van der Waals surface area contributed by atoms with E-state index in [0.717, 1.165) is 43.9 Å². The number of aromatic nitrogens is 1. The molecule has 6 nitrogen and oxygen atoms in total. The van der Waals surface area contributed by atoms with Gasteiger partial charge in [0.05, 0.1) is 30.4 Å². The van der Waals surface area contributed by atoms with Crippen LogP contribution in [0.2, 0.25) is 0 Å². The van der Waals surface area contributed by atoms with Crippen molar-refractivity contribution in [3.63, 3.8) is 0 Å². The van der Waals surface area contributed by atoms with E-state index < -0.39 is 0 Å². The number of hydrogen-bond donors (Lipinski definition) is 0. The SMILES string of the molecule is Cc1ccc(C(=O)N2CCCC3(COCCN(c4cccc(C#N)c4)C3)C2)cn1. The lowest BCUT2D eigenvalue weighted by Gasteiger charge is -2.44. The van der Waals surface area contributed by atoms with E-state index >= 15 is 0 Å². The molecule has 2 aliphatic rings. The Morgan fingerprint density at radius 3 is 2.93 bits per heavy atom. The van der Waals surface area contributed by atoms with Crippen LogP contribution in [0, 0.1) is 23.7 Å². The molecule has 1 atom stereocenters. The van der Waals surface area contributed by atoms with Crippen LogP contribution in [-0.4, -0.2) is 55.2 Å². The average molecular weight is 390 g/mol. The number of carbonyl (C=O) groups excluding carboxylic acids is 1. The van der Waals surface area contributed by atoms with E-state index in [-0.39, 0.29) is 11.3 Å². The molecule has 0 N–H and O–H groups in total. The fraction of sp³-hybridized carbons (Fsp3) is 0.435. The minimum Gasteiger partial charge on any atom is -0.379 e. The van der Waals surface area contributed by atoms with Gasteiger partial charge in [-0.25, -0.2) is 0 Å². The zero-order valence-electron chi connectivity index (χ0n) is 16.8. The van der Waals surface area contributed by atoms with E-state index in [9.17, 15) is 10.1 Å². The largest absolute Gasteiger partial charge is 0.379 e. The summed E-state index contributed by atoms with van der Waals surface area (Å²) >= 11 is 0. The summed E-state index contributed by atoms with van der Waals surface area (Å²) in [7, 11) is 0. The molecule has 6 heteroatoms. The van der Waals surface area contributed by atoms with Gasteiger partial charge in [-0.2, -0.15) is 5.26 Å². The second kappa shape index (κ2) is 8.22. The molecular weight excluding hydrogens is 364 g/mol. The topological polar surface area (TPSA) is 69.5 Å². The number of benzene rings is 1. The van der Waals surface area contributed by atoms with Crippen LogP contribution in [0.1, 0.15) is 34.5 Å². The van der Waals surface area contributed by atoms with Crippen molar-refractivity contribution in [1.82, 2.24) is 9.88 Å². The molecule has 2 saturated heterocycles. The van der Waals surface area contributed by atoms with Gasteiger partial charge in [0, 0.05) is 49.2 Å². The molecule has 2 aromatic rings. The molecule has 0 saturated carbocycles. The van der Waals surface area contributed by atoms with Gasteiger partial charge in [0.15, 0.2) is 0 Å². The third-order valence-electron chi connectivity index (χ3n) is 5.89. The van der Waals surface area contributed by atoms with Gasteiger partial charge in [-0.3, -0.25) is 9.78 Å². The molecule has 3 heterocycles. The van der Waals surface area contributed by atoms with Crippen molar-refractivity contribution in [2.24, 2.45) is 5.41 Å². The molecule has 1 unspecified atom stereocenters. The minimum atomic E-state index is -0.106. The van der Waals surface area contributed by atoms with E-state index in [1.54, 1.807) is 6.20 Å². The predicted molar refractivity (Wildman–Crippen MR) is 111 cm³/mol. The summed E-state index contributed by atoms with van der Waals surface area (Å²) in [5, 5.41) is 9.24. The third kappa shape index (κ3) is 4.25.